The van der Waals surface area contributed by atoms with Gasteiger partial charge in [0.2, 0.25) is 5.91 Å². The van der Waals surface area contributed by atoms with Crippen molar-refractivity contribution < 1.29 is 9.18 Å². The highest BCUT2D eigenvalue weighted by Crippen LogP contribution is 2.27. The molecule has 0 aliphatic carbocycles. The van der Waals surface area contributed by atoms with Crippen molar-refractivity contribution in [3.63, 3.8) is 0 Å². The predicted octanol–water partition coefficient (Wildman–Crippen LogP) is 4.99. The SMILES string of the molecule is CCn1c(SCC(=O)N2CCC(Cc3cccc(F)c3)CC2)nnc1-c1ccccc1C. The highest BCUT2D eigenvalue weighted by Gasteiger charge is 2.24. The van der Waals surface area contributed by atoms with Gasteiger partial charge in [-0.15, -0.1) is 10.2 Å². The van der Waals surface area contributed by atoms with E-state index in [1.54, 1.807) is 12.1 Å². The fraction of sp³-hybridized carbons (Fsp3) is 0.400. The quantitative estimate of drug-likeness (QED) is 0.474. The number of likely N-dealkylation sites (tertiary alicyclic amines) is 1. The van der Waals surface area contributed by atoms with Gasteiger partial charge >= 0.3 is 0 Å². The minimum atomic E-state index is -0.183. The van der Waals surface area contributed by atoms with Crippen molar-refractivity contribution in [3.05, 3.63) is 65.5 Å². The molecule has 0 saturated carbocycles. The Balaban J connectivity index is 1.31. The second kappa shape index (κ2) is 10.3. The largest absolute Gasteiger partial charge is 0.342 e. The second-order valence-corrected chi connectivity index (χ2v) is 9.25. The van der Waals surface area contributed by atoms with Crippen LogP contribution in [0.4, 0.5) is 4.39 Å². The fourth-order valence-electron chi connectivity index (χ4n) is 4.30. The average molecular weight is 453 g/mol. The molecule has 0 N–H and O–H groups in total. The van der Waals surface area contributed by atoms with Gasteiger partial charge in [0, 0.05) is 25.2 Å². The summed E-state index contributed by atoms with van der Waals surface area (Å²) < 4.78 is 15.5. The zero-order chi connectivity index (χ0) is 22.5. The number of aromatic nitrogens is 3. The van der Waals surface area contributed by atoms with Gasteiger partial charge in [0.1, 0.15) is 5.82 Å². The number of nitrogens with zero attached hydrogens (tertiary/aromatic N) is 4. The van der Waals surface area contributed by atoms with E-state index in [9.17, 15) is 9.18 Å². The fourth-order valence-corrected chi connectivity index (χ4v) is 5.21. The molecule has 4 rings (SSSR count). The first-order valence-corrected chi connectivity index (χ1v) is 12.2. The summed E-state index contributed by atoms with van der Waals surface area (Å²) in [6.07, 6.45) is 2.78. The van der Waals surface area contributed by atoms with Gasteiger partial charge in [0.05, 0.1) is 5.75 Å². The standard InChI is InChI=1S/C25H29FN4OS/c1-3-30-24(22-10-5-4-7-18(22)2)27-28-25(30)32-17-23(31)29-13-11-19(12-14-29)15-20-8-6-9-21(26)16-20/h4-10,16,19H,3,11-15,17H2,1-2H3. The summed E-state index contributed by atoms with van der Waals surface area (Å²) in [5.41, 5.74) is 3.26. The summed E-state index contributed by atoms with van der Waals surface area (Å²) >= 11 is 1.46. The molecule has 2 aromatic carbocycles. The van der Waals surface area contributed by atoms with E-state index in [1.807, 2.05) is 23.1 Å². The van der Waals surface area contributed by atoms with Crippen LogP contribution in [0.3, 0.4) is 0 Å². The number of aryl methyl sites for hydroxylation is 1. The van der Waals surface area contributed by atoms with Crippen LogP contribution >= 0.6 is 11.8 Å². The Morgan fingerprint density at radius 1 is 1.12 bits per heavy atom. The molecule has 1 amide bonds. The zero-order valence-corrected chi connectivity index (χ0v) is 19.4. The van der Waals surface area contributed by atoms with E-state index in [2.05, 4.69) is 40.7 Å². The molecule has 32 heavy (non-hydrogen) atoms. The molecule has 0 spiro atoms. The van der Waals surface area contributed by atoms with Crippen LogP contribution in [-0.2, 0) is 17.8 Å². The Bertz CT molecular complexity index is 1080. The van der Waals surface area contributed by atoms with Crippen molar-refractivity contribution >= 4 is 17.7 Å². The molecule has 1 aliphatic heterocycles. The van der Waals surface area contributed by atoms with Crippen molar-refractivity contribution in [2.24, 2.45) is 5.92 Å². The lowest BCUT2D eigenvalue weighted by Gasteiger charge is -2.32. The summed E-state index contributed by atoms with van der Waals surface area (Å²) in [6, 6.07) is 15.0. The Morgan fingerprint density at radius 3 is 2.62 bits per heavy atom. The van der Waals surface area contributed by atoms with Gasteiger partial charge in [-0.3, -0.25) is 4.79 Å². The van der Waals surface area contributed by atoms with Gasteiger partial charge in [-0.1, -0.05) is 48.2 Å². The van der Waals surface area contributed by atoms with Crippen LogP contribution in [0.25, 0.3) is 11.4 Å². The highest BCUT2D eigenvalue weighted by atomic mass is 32.2. The average Bonchev–Trinajstić information content (AvgIpc) is 3.21. The highest BCUT2D eigenvalue weighted by molar-refractivity contribution is 7.99. The Labute approximate surface area is 193 Å². The molecular formula is C25H29FN4OS. The molecule has 7 heteroatoms. The van der Waals surface area contributed by atoms with Gasteiger partial charge < -0.3 is 9.47 Å². The molecule has 3 aromatic rings. The number of carbonyl (C=O) groups excluding carboxylic acids is 1. The van der Waals surface area contributed by atoms with E-state index < -0.39 is 0 Å². The number of hydrogen-bond donors (Lipinski definition) is 0. The zero-order valence-electron chi connectivity index (χ0n) is 18.6. The van der Waals surface area contributed by atoms with Crippen molar-refractivity contribution in [2.75, 3.05) is 18.8 Å². The summed E-state index contributed by atoms with van der Waals surface area (Å²) in [7, 11) is 0. The van der Waals surface area contributed by atoms with Crippen molar-refractivity contribution in [3.8, 4) is 11.4 Å². The van der Waals surface area contributed by atoms with Gasteiger partial charge in [-0.2, -0.15) is 0 Å². The number of amides is 1. The van der Waals surface area contributed by atoms with Crippen LogP contribution < -0.4 is 0 Å². The minimum absolute atomic E-state index is 0.141. The number of benzene rings is 2. The van der Waals surface area contributed by atoms with E-state index in [1.165, 1.54) is 17.8 Å². The van der Waals surface area contributed by atoms with E-state index in [4.69, 9.17) is 0 Å². The lowest BCUT2D eigenvalue weighted by atomic mass is 9.90. The van der Waals surface area contributed by atoms with Crippen LogP contribution in [-0.4, -0.2) is 44.4 Å². The molecule has 1 fully saturated rings. The van der Waals surface area contributed by atoms with Crippen LogP contribution in [0, 0.1) is 18.7 Å². The normalized spacial score (nSPS) is 14.7. The monoisotopic (exact) mass is 452 g/mol. The van der Waals surface area contributed by atoms with Crippen LogP contribution in [0.2, 0.25) is 0 Å². The first-order valence-electron chi connectivity index (χ1n) is 11.2. The molecule has 1 saturated heterocycles. The summed E-state index contributed by atoms with van der Waals surface area (Å²) in [5.74, 6) is 1.66. The third-order valence-electron chi connectivity index (χ3n) is 6.12. The number of piperidine rings is 1. The van der Waals surface area contributed by atoms with E-state index in [0.717, 1.165) is 66.6 Å². The number of rotatable bonds is 7. The lowest BCUT2D eigenvalue weighted by Crippen LogP contribution is -2.39. The Morgan fingerprint density at radius 2 is 1.91 bits per heavy atom. The van der Waals surface area contributed by atoms with Crippen molar-refractivity contribution in [1.29, 1.82) is 0 Å². The van der Waals surface area contributed by atoms with Crippen LogP contribution in [0.5, 0.6) is 0 Å². The maximum atomic E-state index is 13.4. The summed E-state index contributed by atoms with van der Waals surface area (Å²) in [6.45, 7) is 6.40. The molecule has 1 aliphatic rings. The molecule has 168 valence electrons. The summed E-state index contributed by atoms with van der Waals surface area (Å²) in [4.78, 5) is 14.8. The molecule has 5 nitrogen and oxygen atoms in total. The number of carbonyl (C=O) groups is 1. The smallest absolute Gasteiger partial charge is 0.233 e. The first-order chi connectivity index (χ1) is 15.5. The van der Waals surface area contributed by atoms with Crippen molar-refractivity contribution in [1.82, 2.24) is 19.7 Å². The van der Waals surface area contributed by atoms with E-state index in [0.29, 0.717) is 11.7 Å². The third-order valence-corrected chi connectivity index (χ3v) is 7.08. The maximum absolute atomic E-state index is 13.4. The molecule has 0 unspecified atom stereocenters. The van der Waals surface area contributed by atoms with Gasteiger partial charge in [0.15, 0.2) is 11.0 Å². The molecular weight excluding hydrogens is 423 g/mol. The second-order valence-electron chi connectivity index (χ2n) is 8.31. The van der Waals surface area contributed by atoms with E-state index in [-0.39, 0.29) is 11.7 Å². The molecule has 0 radical (unpaired) electrons. The number of hydrogen-bond acceptors (Lipinski definition) is 4. The maximum Gasteiger partial charge on any atom is 0.233 e. The van der Waals surface area contributed by atoms with Crippen LogP contribution in [0.15, 0.2) is 53.7 Å². The summed E-state index contributed by atoms with van der Waals surface area (Å²) in [5, 5.41) is 9.55. The third kappa shape index (κ3) is 5.21. The lowest BCUT2D eigenvalue weighted by molar-refractivity contribution is -0.129. The first kappa shape index (κ1) is 22.5. The molecule has 2 heterocycles. The van der Waals surface area contributed by atoms with E-state index >= 15 is 0 Å². The van der Waals surface area contributed by atoms with Gasteiger partial charge in [0.25, 0.3) is 0 Å². The Kier molecular flexibility index (Phi) is 7.25. The predicted molar refractivity (Wildman–Crippen MR) is 126 cm³/mol. The number of thioether (sulfide) groups is 1. The number of halogens is 1. The molecule has 0 bridgehead atoms. The topological polar surface area (TPSA) is 51.0 Å². The molecule has 0 atom stereocenters. The Hall–Kier alpha value is -2.67. The van der Waals surface area contributed by atoms with Gasteiger partial charge in [-0.25, -0.2) is 4.39 Å². The van der Waals surface area contributed by atoms with Gasteiger partial charge in [-0.05, 0) is 62.3 Å². The van der Waals surface area contributed by atoms with Crippen molar-refractivity contribution in [2.45, 2.75) is 44.8 Å². The van der Waals surface area contributed by atoms with Crippen LogP contribution in [0.1, 0.15) is 30.9 Å². The molecule has 1 aromatic heterocycles. The minimum Gasteiger partial charge on any atom is -0.342 e.